The van der Waals surface area contributed by atoms with E-state index < -0.39 is 0 Å². The van der Waals surface area contributed by atoms with Gasteiger partial charge >= 0.3 is 0 Å². The van der Waals surface area contributed by atoms with Crippen molar-refractivity contribution in [3.8, 4) is 17.2 Å². The molecule has 0 saturated carbocycles. The van der Waals surface area contributed by atoms with Crippen molar-refractivity contribution in [2.75, 3.05) is 6.61 Å². The van der Waals surface area contributed by atoms with Crippen LogP contribution < -0.4 is 15.2 Å². The summed E-state index contributed by atoms with van der Waals surface area (Å²) in [7, 11) is 0. The molecule has 0 aliphatic rings. The monoisotopic (exact) mass is 349 g/mol. The van der Waals surface area contributed by atoms with E-state index in [1.165, 1.54) is 0 Å². The predicted molar refractivity (Wildman–Crippen MR) is 89.2 cm³/mol. The molecule has 1 atom stereocenters. The summed E-state index contributed by atoms with van der Waals surface area (Å²) in [4.78, 5) is 0. The second kappa shape index (κ2) is 7.48. The number of hydrogen-bond acceptors (Lipinski definition) is 3. The number of nitrogens with two attached hydrogens (primary N) is 1. The highest BCUT2D eigenvalue weighted by atomic mass is 79.9. The Labute approximate surface area is 134 Å². The van der Waals surface area contributed by atoms with Crippen LogP contribution >= 0.6 is 15.9 Å². The summed E-state index contributed by atoms with van der Waals surface area (Å²) in [5.41, 5.74) is 6.99. The summed E-state index contributed by atoms with van der Waals surface area (Å²) in [6.45, 7) is 4.55. The predicted octanol–water partition coefficient (Wildman–Crippen LogP) is 4.53. The van der Waals surface area contributed by atoms with Crippen LogP contribution in [-0.4, -0.2) is 12.6 Å². The van der Waals surface area contributed by atoms with Crippen LogP contribution in [0.25, 0.3) is 0 Å². The Bertz CT molecular complexity index is 599. The zero-order valence-corrected chi connectivity index (χ0v) is 13.9. The number of rotatable bonds is 6. The first-order chi connectivity index (χ1) is 10.1. The fourth-order valence-electron chi connectivity index (χ4n) is 2.08. The Morgan fingerprint density at radius 1 is 1.10 bits per heavy atom. The molecule has 0 aliphatic carbocycles. The average molecular weight is 350 g/mol. The average Bonchev–Trinajstić information content (AvgIpc) is 2.43. The van der Waals surface area contributed by atoms with E-state index in [1.54, 1.807) is 0 Å². The largest absolute Gasteiger partial charge is 0.490 e. The van der Waals surface area contributed by atoms with Gasteiger partial charge in [-0.25, -0.2) is 0 Å². The van der Waals surface area contributed by atoms with Gasteiger partial charge in [0.05, 0.1) is 6.61 Å². The van der Waals surface area contributed by atoms with Crippen molar-refractivity contribution in [3.63, 3.8) is 0 Å². The number of benzene rings is 2. The molecule has 0 bridgehead atoms. The summed E-state index contributed by atoms with van der Waals surface area (Å²) in [6, 6.07) is 13.7. The summed E-state index contributed by atoms with van der Waals surface area (Å²) >= 11 is 3.49. The van der Waals surface area contributed by atoms with Gasteiger partial charge in [-0.1, -0.05) is 28.1 Å². The highest BCUT2D eigenvalue weighted by molar-refractivity contribution is 9.10. The van der Waals surface area contributed by atoms with E-state index in [9.17, 15) is 0 Å². The standard InChI is InChI=1S/C17H20BrNO2/c1-3-20-16-6-4-5-7-17(16)21-15-9-8-14(18)11-13(15)10-12(2)19/h4-9,11-12H,3,10,19H2,1-2H3. The molecule has 2 aromatic rings. The summed E-state index contributed by atoms with van der Waals surface area (Å²) in [5, 5.41) is 0. The Morgan fingerprint density at radius 3 is 2.48 bits per heavy atom. The van der Waals surface area contributed by atoms with Gasteiger partial charge in [-0.05, 0) is 56.2 Å². The van der Waals surface area contributed by atoms with E-state index in [4.69, 9.17) is 15.2 Å². The third kappa shape index (κ3) is 4.48. The van der Waals surface area contributed by atoms with Gasteiger partial charge in [0, 0.05) is 10.5 Å². The summed E-state index contributed by atoms with van der Waals surface area (Å²) < 4.78 is 12.7. The van der Waals surface area contributed by atoms with E-state index in [0.717, 1.165) is 28.0 Å². The Hall–Kier alpha value is -1.52. The van der Waals surface area contributed by atoms with Crippen molar-refractivity contribution in [2.45, 2.75) is 26.3 Å². The normalized spacial score (nSPS) is 12.0. The molecule has 2 rings (SSSR count). The molecule has 0 aliphatic heterocycles. The minimum Gasteiger partial charge on any atom is -0.490 e. The molecule has 0 fully saturated rings. The second-order valence-electron chi connectivity index (χ2n) is 4.92. The van der Waals surface area contributed by atoms with Crippen LogP contribution in [-0.2, 0) is 6.42 Å². The molecule has 0 heterocycles. The maximum absolute atomic E-state index is 6.05. The van der Waals surface area contributed by atoms with E-state index in [-0.39, 0.29) is 6.04 Å². The molecule has 0 spiro atoms. The molecular formula is C17H20BrNO2. The van der Waals surface area contributed by atoms with Crippen LogP contribution in [0.4, 0.5) is 0 Å². The van der Waals surface area contributed by atoms with Gasteiger partial charge in [-0.2, -0.15) is 0 Å². The first kappa shape index (κ1) is 15.9. The lowest BCUT2D eigenvalue weighted by Crippen LogP contribution is -2.18. The van der Waals surface area contributed by atoms with E-state index in [0.29, 0.717) is 12.4 Å². The van der Waals surface area contributed by atoms with Crippen LogP contribution in [0.2, 0.25) is 0 Å². The van der Waals surface area contributed by atoms with E-state index >= 15 is 0 Å². The van der Waals surface area contributed by atoms with Crippen molar-refractivity contribution >= 4 is 15.9 Å². The van der Waals surface area contributed by atoms with Crippen LogP contribution in [0.3, 0.4) is 0 Å². The minimum absolute atomic E-state index is 0.0729. The van der Waals surface area contributed by atoms with Gasteiger partial charge in [0.2, 0.25) is 0 Å². The van der Waals surface area contributed by atoms with Crippen molar-refractivity contribution in [1.82, 2.24) is 0 Å². The van der Waals surface area contributed by atoms with Crippen LogP contribution in [0, 0.1) is 0 Å². The summed E-state index contributed by atoms with van der Waals surface area (Å²) in [6.07, 6.45) is 0.756. The molecule has 0 amide bonds. The van der Waals surface area contributed by atoms with Crippen molar-refractivity contribution in [3.05, 3.63) is 52.5 Å². The van der Waals surface area contributed by atoms with Crippen molar-refractivity contribution < 1.29 is 9.47 Å². The lowest BCUT2D eigenvalue weighted by Gasteiger charge is -2.15. The van der Waals surface area contributed by atoms with Gasteiger partial charge in [0.1, 0.15) is 5.75 Å². The zero-order valence-electron chi connectivity index (χ0n) is 12.3. The quantitative estimate of drug-likeness (QED) is 0.833. The molecule has 0 radical (unpaired) electrons. The smallest absolute Gasteiger partial charge is 0.169 e. The molecule has 1 unspecified atom stereocenters. The lowest BCUT2D eigenvalue weighted by atomic mass is 10.1. The number of para-hydroxylation sites is 2. The molecule has 2 aromatic carbocycles. The first-order valence-electron chi connectivity index (χ1n) is 7.04. The van der Waals surface area contributed by atoms with Gasteiger partial charge in [0.15, 0.2) is 11.5 Å². The van der Waals surface area contributed by atoms with Gasteiger partial charge in [0.25, 0.3) is 0 Å². The first-order valence-corrected chi connectivity index (χ1v) is 7.83. The SMILES string of the molecule is CCOc1ccccc1Oc1ccc(Br)cc1CC(C)N. The molecular weight excluding hydrogens is 330 g/mol. The maximum atomic E-state index is 6.05. The third-order valence-corrected chi connectivity index (χ3v) is 3.43. The number of hydrogen-bond donors (Lipinski definition) is 1. The molecule has 112 valence electrons. The van der Waals surface area contributed by atoms with Crippen molar-refractivity contribution in [2.24, 2.45) is 5.73 Å². The molecule has 21 heavy (non-hydrogen) atoms. The topological polar surface area (TPSA) is 44.5 Å². The van der Waals surface area contributed by atoms with Crippen LogP contribution in [0.15, 0.2) is 46.9 Å². The minimum atomic E-state index is 0.0729. The Morgan fingerprint density at radius 2 is 1.81 bits per heavy atom. The van der Waals surface area contributed by atoms with Crippen LogP contribution in [0.1, 0.15) is 19.4 Å². The fraction of sp³-hybridized carbons (Fsp3) is 0.294. The molecule has 0 saturated heterocycles. The van der Waals surface area contributed by atoms with Gasteiger partial charge in [-0.15, -0.1) is 0 Å². The lowest BCUT2D eigenvalue weighted by molar-refractivity contribution is 0.321. The fourth-order valence-corrected chi connectivity index (χ4v) is 2.49. The van der Waals surface area contributed by atoms with Crippen molar-refractivity contribution in [1.29, 1.82) is 0 Å². The Kier molecular flexibility index (Phi) is 5.65. The summed E-state index contributed by atoms with van der Waals surface area (Å²) in [5.74, 6) is 2.27. The molecule has 2 N–H and O–H groups in total. The maximum Gasteiger partial charge on any atom is 0.169 e. The molecule has 4 heteroatoms. The number of halogens is 1. The zero-order chi connectivity index (χ0) is 15.2. The molecule has 0 aromatic heterocycles. The van der Waals surface area contributed by atoms with E-state index in [1.807, 2.05) is 56.3 Å². The second-order valence-corrected chi connectivity index (χ2v) is 5.83. The van der Waals surface area contributed by atoms with E-state index in [2.05, 4.69) is 15.9 Å². The third-order valence-electron chi connectivity index (χ3n) is 2.93. The molecule has 3 nitrogen and oxygen atoms in total. The highest BCUT2D eigenvalue weighted by Gasteiger charge is 2.11. The number of ether oxygens (including phenoxy) is 2. The van der Waals surface area contributed by atoms with Gasteiger partial charge < -0.3 is 15.2 Å². The highest BCUT2D eigenvalue weighted by Crippen LogP contribution is 2.34. The van der Waals surface area contributed by atoms with Gasteiger partial charge in [-0.3, -0.25) is 0 Å². The Balaban J connectivity index is 2.31. The van der Waals surface area contributed by atoms with Crippen LogP contribution in [0.5, 0.6) is 17.2 Å².